The number of hydrogen-bond donors (Lipinski definition) is 3. The van der Waals surface area contributed by atoms with E-state index in [-0.39, 0.29) is 27.2 Å². The van der Waals surface area contributed by atoms with E-state index in [1.807, 2.05) is 40.1 Å². The van der Waals surface area contributed by atoms with E-state index in [0.717, 1.165) is 16.0 Å². The lowest BCUT2D eigenvalue weighted by Gasteiger charge is -2.16. The van der Waals surface area contributed by atoms with E-state index in [4.69, 9.17) is 0 Å². The molecule has 0 bridgehead atoms. The van der Waals surface area contributed by atoms with Gasteiger partial charge in [-0.1, -0.05) is 32.3 Å². The molecule has 3 rings (SSSR count). The molecule has 0 aliphatic carbocycles. The second kappa shape index (κ2) is 6.36. The van der Waals surface area contributed by atoms with Gasteiger partial charge in [-0.25, -0.2) is 4.98 Å². The van der Waals surface area contributed by atoms with Crippen LogP contribution in [0, 0.1) is 0 Å². The van der Waals surface area contributed by atoms with Crippen LogP contribution in [-0.4, -0.2) is 27.8 Å². The molecule has 0 spiro atoms. The molecule has 6 nitrogen and oxygen atoms in total. The molecule has 0 atom stereocenters. The number of nitrogens with one attached hydrogen (secondary N) is 3. The number of hydrogen-bond acceptors (Lipinski definition) is 4. The third-order valence-corrected chi connectivity index (χ3v) is 4.72. The zero-order chi connectivity index (χ0) is 18.2. The predicted molar refractivity (Wildman–Crippen MR) is 104 cm³/mol. The molecule has 0 saturated carbocycles. The van der Waals surface area contributed by atoms with Crippen molar-refractivity contribution in [3.8, 4) is 0 Å². The highest BCUT2D eigenvalue weighted by atomic mass is 32.1. The number of aromatic amines is 3. The molecule has 0 radical (unpaired) electrons. The average molecular weight is 354 g/mol. The van der Waals surface area contributed by atoms with Crippen LogP contribution in [0.5, 0.6) is 0 Å². The van der Waals surface area contributed by atoms with Crippen molar-refractivity contribution in [2.24, 2.45) is 0 Å². The second-order valence-corrected chi connectivity index (χ2v) is 7.91. The maximum Gasteiger partial charge on any atom is 0.272 e. The van der Waals surface area contributed by atoms with Crippen molar-refractivity contribution in [3.05, 3.63) is 65.4 Å². The van der Waals surface area contributed by atoms with Crippen molar-refractivity contribution in [2.45, 2.75) is 26.2 Å². The first kappa shape index (κ1) is 17.2. The molecule has 8 heteroatoms. The molecule has 3 aromatic heterocycles. The highest BCUT2D eigenvalue weighted by Crippen LogP contribution is 2.22. The fraction of sp³-hybridized carbons (Fsp3) is 0.235. The Morgan fingerprint density at radius 2 is 1.76 bits per heavy atom. The highest BCUT2D eigenvalue weighted by molar-refractivity contribution is 7.11. The third-order valence-electron chi connectivity index (χ3n) is 3.72. The van der Waals surface area contributed by atoms with Gasteiger partial charge in [0.2, 0.25) is 0 Å². The summed E-state index contributed by atoms with van der Waals surface area (Å²) in [6.45, 7) is 6.14. The van der Waals surface area contributed by atoms with E-state index in [2.05, 4.69) is 19.9 Å². The SMILES string of the molecule is Bc1csc(/C=c2\[nH]c(=O)/c(=C/c3nc[nH]c3C(C)(C)C)[nH]c2=O)c1. The lowest BCUT2D eigenvalue weighted by molar-refractivity contribution is 0.571. The summed E-state index contributed by atoms with van der Waals surface area (Å²) in [6, 6.07) is 1.96. The van der Waals surface area contributed by atoms with Crippen LogP contribution < -0.4 is 27.3 Å². The minimum absolute atomic E-state index is 0.153. The summed E-state index contributed by atoms with van der Waals surface area (Å²) in [5, 5.41) is 2.41. The van der Waals surface area contributed by atoms with Crippen molar-refractivity contribution in [2.75, 3.05) is 0 Å². The van der Waals surface area contributed by atoms with Crippen molar-refractivity contribution in [3.63, 3.8) is 0 Å². The van der Waals surface area contributed by atoms with Gasteiger partial charge in [-0.2, -0.15) is 0 Å². The van der Waals surface area contributed by atoms with E-state index in [1.165, 1.54) is 11.3 Å². The lowest BCUT2D eigenvalue weighted by atomic mass is 9.90. The van der Waals surface area contributed by atoms with E-state index in [1.54, 1.807) is 18.5 Å². The summed E-state index contributed by atoms with van der Waals surface area (Å²) in [5.41, 5.74) is 1.80. The fourth-order valence-electron chi connectivity index (χ4n) is 2.52. The van der Waals surface area contributed by atoms with Crippen molar-refractivity contribution < 1.29 is 0 Å². The van der Waals surface area contributed by atoms with Crippen LogP contribution in [0.25, 0.3) is 12.2 Å². The van der Waals surface area contributed by atoms with Gasteiger partial charge in [-0.3, -0.25) is 9.59 Å². The van der Waals surface area contributed by atoms with Crippen molar-refractivity contribution >= 4 is 36.8 Å². The topological polar surface area (TPSA) is 94.4 Å². The molecular formula is C17H19BN4O2S. The zero-order valence-electron chi connectivity index (χ0n) is 14.6. The molecule has 25 heavy (non-hydrogen) atoms. The van der Waals surface area contributed by atoms with Gasteiger partial charge in [0.1, 0.15) is 18.5 Å². The standard InChI is InChI=1S/C17H19BN4O2S/c1-17(2,3)14-11(19-8-20-14)6-13-16(24)21-12(15(23)22-13)5-10-4-9(18)7-25-10/h4-8H,18H2,1-3H3,(H,19,20)(H,21,24)(H,22,23)/b12-5-,13-6-. The van der Waals surface area contributed by atoms with E-state index >= 15 is 0 Å². The minimum Gasteiger partial charge on any atom is -0.348 e. The molecule has 0 aromatic carbocycles. The number of rotatable bonds is 2. The Bertz CT molecular complexity index is 1140. The Morgan fingerprint density at radius 1 is 1.12 bits per heavy atom. The molecule has 128 valence electrons. The second-order valence-electron chi connectivity index (χ2n) is 6.96. The third kappa shape index (κ3) is 3.74. The molecule has 0 aliphatic heterocycles. The Hall–Kier alpha value is -2.61. The first-order chi connectivity index (χ1) is 11.7. The summed E-state index contributed by atoms with van der Waals surface area (Å²) in [4.78, 5) is 38.2. The summed E-state index contributed by atoms with van der Waals surface area (Å²) >= 11 is 1.52. The Labute approximate surface area is 148 Å². The van der Waals surface area contributed by atoms with E-state index in [0.29, 0.717) is 5.69 Å². The molecular weight excluding hydrogens is 335 g/mol. The number of aromatic nitrogens is 4. The van der Waals surface area contributed by atoms with Crippen molar-refractivity contribution in [1.82, 2.24) is 19.9 Å². The summed E-state index contributed by atoms with van der Waals surface area (Å²) in [5.74, 6) is 0. The zero-order valence-corrected chi connectivity index (χ0v) is 15.4. The first-order valence-corrected chi connectivity index (χ1v) is 8.77. The monoisotopic (exact) mass is 354 g/mol. The van der Waals surface area contributed by atoms with Gasteiger partial charge < -0.3 is 15.0 Å². The minimum atomic E-state index is -0.359. The van der Waals surface area contributed by atoms with Gasteiger partial charge in [-0.15, -0.1) is 11.3 Å². The van der Waals surface area contributed by atoms with E-state index in [9.17, 15) is 9.59 Å². The predicted octanol–water partition coefficient (Wildman–Crippen LogP) is -0.939. The molecule has 0 aliphatic rings. The van der Waals surface area contributed by atoms with Gasteiger partial charge in [0.15, 0.2) is 0 Å². The molecule has 3 N–H and O–H groups in total. The van der Waals surface area contributed by atoms with Gasteiger partial charge in [-0.05, 0) is 17.5 Å². The van der Waals surface area contributed by atoms with Crippen LogP contribution in [0.2, 0.25) is 0 Å². The molecule has 0 saturated heterocycles. The van der Waals surface area contributed by atoms with Crippen LogP contribution in [0.15, 0.2) is 27.4 Å². The number of thiophene rings is 1. The molecule has 0 amide bonds. The summed E-state index contributed by atoms with van der Waals surface area (Å²) < 4.78 is 0. The summed E-state index contributed by atoms with van der Waals surface area (Å²) in [6.07, 6.45) is 4.85. The Balaban J connectivity index is 2.14. The maximum atomic E-state index is 12.4. The number of imidazole rings is 1. The molecule has 0 fully saturated rings. The van der Waals surface area contributed by atoms with Gasteiger partial charge in [0, 0.05) is 16.0 Å². The summed E-state index contributed by atoms with van der Waals surface area (Å²) in [7, 11) is 1.98. The molecule has 0 unspecified atom stereocenters. The Kier molecular flexibility index (Phi) is 4.38. The van der Waals surface area contributed by atoms with Gasteiger partial charge >= 0.3 is 0 Å². The molecule has 3 heterocycles. The van der Waals surface area contributed by atoms with Gasteiger partial charge in [0.05, 0.1) is 12.0 Å². The van der Waals surface area contributed by atoms with Gasteiger partial charge in [0.25, 0.3) is 11.1 Å². The van der Waals surface area contributed by atoms with E-state index < -0.39 is 0 Å². The largest absolute Gasteiger partial charge is 0.348 e. The van der Waals surface area contributed by atoms with Crippen LogP contribution in [0.3, 0.4) is 0 Å². The average Bonchev–Trinajstić information content (AvgIpc) is 3.13. The Morgan fingerprint density at radius 3 is 2.32 bits per heavy atom. The first-order valence-electron chi connectivity index (χ1n) is 7.89. The van der Waals surface area contributed by atoms with Crippen LogP contribution >= 0.6 is 11.3 Å². The number of nitrogens with zero attached hydrogens (tertiary/aromatic N) is 1. The fourth-order valence-corrected chi connectivity index (χ4v) is 3.35. The lowest BCUT2D eigenvalue weighted by Crippen LogP contribution is -2.46. The highest BCUT2D eigenvalue weighted by Gasteiger charge is 2.19. The quantitative estimate of drug-likeness (QED) is 0.519. The van der Waals surface area contributed by atoms with Crippen LogP contribution in [0.4, 0.5) is 0 Å². The van der Waals surface area contributed by atoms with Crippen LogP contribution in [-0.2, 0) is 5.41 Å². The van der Waals surface area contributed by atoms with Crippen LogP contribution in [0.1, 0.15) is 37.0 Å². The normalized spacial score (nSPS) is 13.6. The smallest absolute Gasteiger partial charge is 0.272 e. The maximum absolute atomic E-state index is 12.4. The number of H-pyrrole nitrogens is 3. The molecule has 3 aromatic rings. The van der Waals surface area contributed by atoms with Crippen molar-refractivity contribution in [1.29, 1.82) is 0 Å².